The molecular weight excluding hydrogens is 334 g/mol. The fraction of sp³-hybridized carbons (Fsp3) is 0.353. The van der Waals surface area contributed by atoms with Gasteiger partial charge in [-0.15, -0.1) is 5.10 Å². The Morgan fingerprint density at radius 2 is 2.00 bits per heavy atom. The van der Waals surface area contributed by atoms with Crippen LogP contribution in [0.3, 0.4) is 0 Å². The van der Waals surface area contributed by atoms with Gasteiger partial charge in [-0.05, 0) is 44.0 Å². The highest BCUT2D eigenvalue weighted by molar-refractivity contribution is 5.89. The number of amides is 2. The third-order valence-electron chi connectivity index (χ3n) is 4.48. The quantitative estimate of drug-likeness (QED) is 0.775. The molecule has 1 aromatic carbocycles. The van der Waals surface area contributed by atoms with Crippen LogP contribution >= 0.6 is 0 Å². The number of nitrogens with one attached hydrogen (secondary N) is 1. The molecule has 0 radical (unpaired) electrons. The van der Waals surface area contributed by atoms with Gasteiger partial charge in [-0.1, -0.05) is 10.4 Å². The van der Waals surface area contributed by atoms with Crippen LogP contribution in [0.1, 0.15) is 30.5 Å². The van der Waals surface area contributed by atoms with Crippen molar-refractivity contribution in [2.45, 2.75) is 25.7 Å². The maximum absolute atomic E-state index is 12.5. The maximum atomic E-state index is 12.5. The third-order valence-corrected chi connectivity index (χ3v) is 4.48. The van der Waals surface area contributed by atoms with Gasteiger partial charge in [0, 0.05) is 24.7 Å². The number of piperidine rings is 1. The Morgan fingerprint density at radius 3 is 2.62 bits per heavy atom. The van der Waals surface area contributed by atoms with Gasteiger partial charge >= 0.3 is 6.03 Å². The van der Waals surface area contributed by atoms with Crippen molar-refractivity contribution in [1.29, 1.82) is 0 Å². The fourth-order valence-electron chi connectivity index (χ4n) is 3.05. The number of likely N-dealkylation sites (tertiary alicyclic amines) is 1. The number of carbonyl (C=O) groups is 1. The number of rotatable bonds is 3. The summed E-state index contributed by atoms with van der Waals surface area (Å²) in [5, 5.41) is 14.5. The number of anilines is 1. The highest BCUT2D eigenvalue weighted by Gasteiger charge is 2.27. The third kappa shape index (κ3) is 3.41. The van der Waals surface area contributed by atoms with E-state index < -0.39 is 0 Å². The summed E-state index contributed by atoms with van der Waals surface area (Å²) in [7, 11) is 0. The summed E-state index contributed by atoms with van der Waals surface area (Å²) in [6.45, 7) is 3.13. The van der Waals surface area contributed by atoms with Gasteiger partial charge in [-0.3, -0.25) is 0 Å². The molecule has 0 bridgehead atoms. The predicted molar refractivity (Wildman–Crippen MR) is 93.0 cm³/mol. The Kier molecular flexibility index (Phi) is 4.34. The number of carbonyl (C=O) groups excluding carboxylic acids is 1. The molecule has 1 aliphatic heterocycles. The zero-order chi connectivity index (χ0) is 17.9. The Labute approximate surface area is 150 Å². The normalized spacial score (nSPS) is 15.2. The molecule has 9 heteroatoms. The van der Waals surface area contributed by atoms with E-state index >= 15 is 0 Å². The fourth-order valence-corrected chi connectivity index (χ4v) is 3.05. The SMILES string of the molecule is Cc1noc(C2CCN(C(=O)Nc3ccc(-n4ccnn4)cc3)CC2)n1. The van der Waals surface area contributed by atoms with Crippen molar-refractivity contribution in [2.75, 3.05) is 18.4 Å². The van der Waals surface area contributed by atoms with Crippen LogP contribution in [0.5, 0.6) is 0 Å². The van der Waals surface area contributed by atoms with E-state index in [1.54, 1.807) is 17.1 Å². The van der Waals surface area contributed by atoms with Crippen molar-refractivity contribution in [3.8, 4) is 5.69 Å². The second kappa shape index (κ2) is 6.95. The van der Waals surface area contributed by atoms with Gasteiger partial charge in [-0.25, -0.2) is 9.48 Å². The van der Waals surface area contributed by atoms with E-state index in [1.165, 1.54) is 0 Å². The van der Waals surface area contributed by atoms with Crippen LogP contribution < -0.4 is 5.32 Å². The van der Waals surface area contributed by atoms with Crippen molar-refractivity contribution < 1.29 is 9.32 Å². The van der Waals surface area contributed by atoms with Crippen LogP contribution in [0.25, 0.3) is 5.69 Å². The van der Waals surface area contributed by atoms with E-state index in [1.807, 2.05) is 36.1 Å². The summed E-state index contributed by atoms with van der Waals surface area (Å²) in [4.78, 5) is 18.6. The van der Waals surface area contributed by atoms with E-state index in [4.69, 9.17) is 4.52 Å². The zero-order valence-corrected chi connectivity index (χ0v) is 14.4. The first kappa shape index (κ1) is 16.2. The molecule has 3 aromatic rings. The molecular formula is C17H19N7O2. The minimum absolute atomic E-state index is 0.0985. The number of urea groups is 1. The molecule has 1 fully saturated rings. The van der Waals surface area contributed by atoms with Crippen LogP contribution in [0.15, 0.2) is 41.2 Å². The zero-order valence-electron chi connectivity index (χ0n) is 14.4. The van der Waals surface area contributed by atoms with Crippen molar-refractivity contribution in [3.05, 3.63) is 48.4 Å². The molecule has 1 N–H and O–H groups in total. The highest BCUT2D eigenvalue weighted by atomic mass is 16.5. The number of aromatic nitrogens is 5. The molecule has 1 saturated heterocycles. The molecule has 0 aliphatic carbocycles. The predicted octanol–water partition coefficient (Wildman–Crippen LogP) is 2.37. The largest absolute Gasteiger partial charge is 0.339 e. The standard InChI is InChI=1S/C17H19N7O2/c1-12-19-16(26-21-12)13-6-9-23(10-7-13)17(25)20-14-2-4-15(5-3-14)24-11-8-18-22-24/h2-5,8,11,13H,6-7,9-10H2,1H3,(H,20,25). The molecule has 2 amide bonds. The van der Waals surface area contributed by atoms with Gasteiger partial charge in [0.25, 0.3) is 0 Å². The lowest BCUT2D eigenvalue weighted by Crippen LogP contribution is -2.40. The van der Waals surface area contributed by atoms with Gasteiger partial charge in [0.05, 0.1) is 18.1 Å². The first-order valence-electron chi connectivity index (χ1n) is 8.52. The molecule has 9 nitrogen and oxygen atoms in total. The number of benzene rings is 1. The number of nitrogens with zero attached hydrogens (tertiary/aromatic N) is 6. The van der Waals surface area contributed by atoms with Gasteiger partial charge in [0.1, 0.15) is 0 Å². The second-order valence-corrected chi connectivity index (χ2v) is 6.27. The average Bonchev–Trinajstić information content (AvgIpc) is 3.34. The van der Waals surface area contributed by atoms with E-state index in [-0.39, 0.29) is 11.9 Å². The monoisotopic (exact) mass is 353 g/mol. The molecule has 0 unspecified atom stereocenters. The van der Waals surface area contributed by atoms with Crippen LogP contribution in [0.2, 0.25) is 0 Å². The molecule has 0 spiro atoms. The van der Waals surface area contributed by atoms with E-state index in [0.29, 0.717) is 24.8 Å². The molecule has 0 atom stereocenters. The lowest BCUT2D eigenvalue weighted by Gasteiger charge is -2.30. The molecule has 1 aliphatic rings. The minimum Gasteiger partial charge on any atom is -0.339 e. The van der Waals surface area contributed by atoms with Gasteiger partial charge in [0.15, 0.2) is 5.82 Å². The number of hydrogen-bond donors (Lipinski definition) is 1. The summed E-state index contributed by atoms with van der Waals surface area (Å²) < 4.78 is 6.91. The van der Waals surface area contributed by atoms with Crippen LogP contribution in [-0.4, -0.2) is 49.2 Å². The van der Waals surface area contributed by atoms with Crippen molar-refractivity contribution in [2.24, 2.45) is 0 Å². The van der Waals surface area contributed by atoms with Crippen LogP contribution in [0, 0.1) is 6.92 Å². The second-order valence-electron chi connectivity index (χ2n) is 6.27. The van der Waals surface area contributed by atoms with E-state index in [0.717, 1.165) is 24.2 Å². The van der Waals surface area contributed by atoms with Gasteiger partial charge in [-0.2, -0.15) is 4.98 Å². The summed E-state index contributed by atoms with van der Waals surface area (Å²) >= 11 is 0. The van der Waals surface area contributed by atoms with Crippen molar-refractivity contribution >= 4 is 11.7 Å². The van der Waals surface area contributed by atoms with E-state index in [2.05, 4.69) is 25.8 Å². The van der Waals surface area contributed by atoms with Gasteiger partial charge in [0.2, 0.25) is 5.89 Å². The number of hydrogen-bond acceptors (Lipinski definition) is 6. The summed E-state index contributed by atoms with van der Waals surface area (Å²) in [6, 6.07) is 7.37. The van der Waals surface area contributed by atoms with Crippen molar-refractivity contribution in [3.63, 3.8) is 0 Å². The topological polar surface area (TPSA) is 102 Å². The first-order chi connectivity index (χ1) is 12.7. The lowest BCUT2D eigenvalue weighted by molar-refractivity contribution is 0.187. The highest BCUT2D eigenvalue weighted by Crippen LogP contribution is 2.27. The average molecular weight is 353 g/mol. The Balaban J connectivity index is 1.32. The first-order valence-corrected chi connectivity index (χ1v) is 8.52. The Bertz CT molecular complexity index is 865. The van der Waals surface area contributed by atoms with Crippen LogP contribution in [-0.2, 0) is 0 Å². The summed E-state index contributed by atoms with van der Waals surface area (Å²) in [5.41, 5.74) is 1.63. The van der Waals surface area contributed by atoms with Crippen molar-refractivity contribution in [1.82, 2.24) is 30.0 Å². The van der Waals surface area contributed by atoms with Crippen LogP contribution in [0.4, 0.5) is 10.5 Å². The summed E-state index contributed by atoms with van der Waals surface area (Å²) in [5.74, 6) is 1.54. The van der Waals surface area contributed by atoms with Gasteiger partial charge < -0.3 is 14.7 Å². The minimum atomic E-state index is -0.0985. The smallest absolute Gasteiger partial charge is 0.321 e. The lowest BCUT2D eigenvalue weighted by atomic mass is 9.97. The molecule has 2 aromatic heterocycles. The Morgan fingerprint density at radius 1 is 1.23 bits per heavy atom. The molecule has 134 valence electrons. The molecule has 3 heterocycles. The maximum Gasteiger partial charge on any atom is 0.321 e. The number of aryl methyl sites for hydroxylation is 1. The Hall–Kier alpha value is -3.23. The molecule has 4 rings (SSSR count). The van der Waals surface area contributed by atoms with E-state index in [9.17, 15) is 4.79 Å². The molecule has 26 heavy (non-hydrogen) atoms. The summed E-state index contributed by atoms with van der Waals surface area (Å²) in [6.07, 6.45) is 5.03. The molecule has 0 saturated carbocycles.